The second kappa shape index (κ2) is 9.63. The van der Waals surface area contributed by atoms with Gasteiger partial charge in [0.2, 0.25) is 5.95 Å². The zero-order valence-electron chi connectivity index (χ0n) is 20.9. The Bertz CT molecular complexity index is 1450. The van der Waals surface area contributed by atoms with Gasteiger partial charge in [0.25, 0.3) is 0 Å². The molecule has 2 aliphatic heterocycles. The minimum absolute atomic E-state index is 0.0339. The van der Waals surface area contributed by atoms with E-state index in [0.717, 1.165) is 48.7 Å². The molecule has 0 radical (unpaired) electrons. The molecule has 0 atom stereocenters. The summed E-state index contributed by atoms with van der Waals surface area (Å²) < 4.78 is 35.5. The van der Waals surface area contributed by atoms with Crippen LogP contribution in [0.3, 0.4) is 0 Å². The van der Waals surface area contributed by atoms with Gasteiger partial charge < -0.3 is 25.3 Å². The molecule has 37 heavy (non-hydrogen) atoms. The van der Waals surface area contributed by atoms with Crippen LogP contribution < -0.4 is 20.3 Å². The van der Waals surface area contributed by atoms with Crippen LogP contribution >= 0.6 is 0 Å². The first-order valence-electron chi connectivity index (χ1n) is 12.8. The Balaban J connectivity index is 1.33. The molecular weight excluding hydrogens is 474 g/mol. The van der Waals surface area contributed by atoms with Crippen molar-refractivity contribution in [1.82, 2.24) is 20.3 Å². The zero-order valence-corrected chi connectivity index (χ0v) is 20.9. The number of anilines is 3. The highest BCUT2D eigenvalue weighted by Gasteiger charge is 2.26. The molecule has 0 saturated carbocycles. The van der Waals surface area contributed by atoms with Gasteiger partial charge in [0.05, 0.1) is 18.4 Å². The Morgan fingerprint density at radius 3 is 2.76 bits per heavy atom. The molecule has 192 valence electrons. The maximum absolute atomic E-state index is 15.0. The molecule has 2 aromatic heterocycles. The third kappa shape index (κ3) is 4.48. The van der Waals surface area contributed by atoms with Crippen molar-refractivity contribution in [1.29, 1.82) is 0 Å². The van der Waals surface area contributed by atoms with Crippen LogP contribution in [0.5, 0.6) is 5.75 Å². The lowest BCUT2D eigenvalue weighted by Gasteiger charge is -2.34. The molecule has 6 rings (SSSR count). The Kier molecular flexibility index (Phi) is 6.16. The fourth-order valence-corrected chi connectivity index (χ4v) is 5.42. The van der Waals surface area contributed by atoms with Crippen LogP contribution in [0.15, 0.2) is 42.7 Å². The number of ether oxygens (including phenoxy) is 1. The number of hydrogen-bond donors (Lipinski definition) is 3. The lowest BCUT2D eigenvalue weighted by atomic mass is 9.90. The van der Waals surface area contributed by atoms with Crippen LogP contribution in [-0.2, 0) is 0 Å². The average molecular weight is 505 g/mol. The van der Waals surface area contributed by atoms with Crippen LogP contribution in [-0.4, -0.2) is 47.2 Å². The molecule has 3 N–H and O–H groups in total. The standard InChI is InChI=1S/C28H30F2N6O/c1-16(2)36-9-10-37-27-22(29)11-18(12-25(27)36)26-23(30)15-33-28(35-26)34-19-3-4-24-20(13-19)21(14-32-24)17-5-7-31-8-6-17/h3-4,11-17,31-32H,5-10H2,1-2H3,(H,33,34,35). The van der Waals surface area contributed by atoms with Gasteiger partial charge in [-0.15, -0.1) is 0 Å². The van der Waals surface area contributed by atoms with Crippen molar-refractivity contribution in [2.24, 2.45) is 0 Å². The molecule has 9 heteroatoms. The largest absolute Gasteiger partial charge is 0.486 e. The van der Waals surface area contributed by atoms with E-state index in [1.807, 2.05) is 26.0 Å². The van der Waals surface area contributed by atoms with Gasteiger partial charge in [-0.3, -0.25) is 0 Å². The van der Waals surface area contributed by atoms with E-state index in [1.165, 1.54) is 11.6 Å². The van der Waals surface area contributed by atoms with E-state index in [0.29, 0.717) is 30.3 Å². The zero-order chi connectivity index (χ0) is 25.5. The maximum Gasteiger partial charge on any atom is 0.227 e. The molecule has 0 amide bonds. The molecule has 4 aromatic rings. The molecular formula is C28H30F2N6O. The van der Waals surface area contributed by atoms with Gasteiger partial charge in [-0.25, -0.2) is 18.7 Å². The normalized spacial score (nSPS) is 16.2. The van der Waals surface area contributed by atoms with Crippen molar-refractivity contribution in [2.45, 2.75) is 38.6 Å². The van der Waals surface area contributed by atoms with E-state index in [-0.39, 0.29) is 23.4 Å². The van der Waals surface area contributed by atoms with E-state index < -0.39 is 11.6 Å². The summed E-state index contributed by atoms with van der Waals surface area (Å²) in [6.45, 7) is 7.14. The molecule has 1 saturated heterocycles. The number of H-pyrrole nitrogens is 1. The summed E-state index contributed by atoms with van der Waals surface area (Å²) in [7, 11) is 0. The molecule has 2 aliphatic rings. The summed E-state index contributed by atoms with van der Waals surface area (Å²) in [6.07, 6.45) is 5.43. The SMILES string of the molecule is CC(C)N1CCOc2c(F)cc(-c3nc(Nc4ccc5[nH]cc(C6CCNCC6)c5c4)ncc3F)cc21. The van der Waals surface area contributed by atoms with Gasteiger partial charge in [0.15, 0.2) is 17.4 Å². The summed E-state index contributed by atoms with van der Waals surface area (Å²) in [5, 5.41) is 7.79. The Labute approximate surface area is 214 Å². The number of benzene rings is 2. The molecule has 4 heterocycles. The first kappa shape index (κ1) is 23.7. The van der Waals surface area contributed by atoms with Crippen LogP contribution in [0.1, 0.15) is 38.2 Å². The summed E-state index contributed by atoms with van der Waals surface area (Å²) >= 11 is 0. The molecule has 0 spiro atoms. The van der Waals surface area contributed by atoms with E-state index in [2.05, 4.69) is 42.7 Å². The second-order valence-electron chi connectivity index (χ2n) is 9.99. The number of aromatic amines is 1. The van der Waals surface area contributed by atoms with E-state index >= 15 is 4.39 Å². The van der Waals surface area contributed by atoms with Gasteiger partial charge in [-0.1, -0.05) is 0 Å². The number of rotatable bonds is 5. The van der Waals surface area contributed by atoms with Gasteiger partial charge >= 0.3 is 0 Å². The predicted octanol–water partition coefficient (Wildman–Crippen LogP) is 5.72. The lowest BCUT2D eigenvalue weighted by molar-refractivity contribution is 0.287. The highest BCUT2D eigenvalue weighted by atomic mass is 19.1. The molecule has 0 unspecified atom stereocenters. The molecule has 1 fully saturated rings. The van der Waals surface area contributed by atoms with Crippen molar-refractivity contribution in [3.8, 4) is 17.0 Å². The number of fused-ring (bicyclic) bond motifs is 2. The third-order valence-electron chi connectivity index (χ3n) is 7.30. The average Bonchev–Trinajstić information content (AvgIpc) is 3.33. The Morgan fingerprint density at radius 1 is 1.11 bits per heavy atom. The first-order valence-corrected chi connectivity index (χ1v) is 12.8. The fourth-order valence-electron chi connectivity index (χ4n) is 5.42. The molecule has 0 aliphatic carbocycles. The van der Waals surface area contributed by atoms with Gasteiger partial charge in [0.1, 0.15) is 12.3 Å². The van der Waals surface area contributed by atoms with E-state index in [9.17, 15) is 4.39 Å². The van der Waals surface area contributed by atoms with Gasteiger partial charge in [0, 0.05) is 34.4 Å². The van der Waals surface area contributed by atoms with Crippen molar-refractivity contribution in [2.75, 3.05) is 36.5 Å². The number of aromatic nitrogens is 3. The summed E-state index contributed by atoms with van der Waals surface area (Å²) in [6, 6.07) is 9.19. The van der Waals surface area contributed by atoms with Crippen LogP contribution in [0, 0.1) is 11.6 Å². The quantitative estimate of drug-likeness (QED) is 0.323. The minimum atomic E-state index is -0.619. The van der Waals surface area contributed by atoms with Crippen LogP contribution in [0.4, 0.5) is 26.1 Å². The fraction of sp³-hybridized carbons (Fsp3) is 0.357. The Hall–Kier alpha value is -3.72. The smallest absolute Gasteiger partial charge is 0.227 e. The number of halogens is 2. The van der Waals surface area contributed by atoms with E-state index in [1.54, 1.807) is 6.07 Å². The van der Waals surface area contributed by atoms with Gasteiger partial charge in [-0.2, -0.15) is 0 Å². The predicted molar refractivity (Wildman–Crippen MR) is 142 cm³/mol. The summed E-state index contributed by atoms with van der Waals surface area (Å²) in [5.41, 5.74) is 4.16. The first-order chi connectivity index (χ1) is 18.0. The van der Waals surface area contributed by atoms with Crippen LogP contribution in [0.2, 0.25) is 0 Å². The topological polar surface area (TPSA) is 78.1 Å². The lowest BCUT2D eigenvalue weighted by Crippen LogP contribution is -2.38. The molecule has 0 bridgehead atoms. The third-order valence-corrected chi connectivity index (χ3v) is 7.30. The number of piperidine rings is 1. The summed E-state index contributed by atoms with van der Waals surface area (Å²) in [5.74, 6) is -0.210. The van der Waals surface area contributed by atoms with Crippen molar-refractivity contribution < 1.29 is 13.5 Å². The monoisotopic (exact) mass is 504 g/mol. The van der Waals surface area contributed by atoms with Crippen molar-refractivity contribution in [3.05, 3.63) is 59.9 Å². The van der Waals surface area contributed by atoms with Crippen molar-refractivity contribution >= 4 is 28.2 Å². The van der Waals surface area contributed by atoms with E-state index in [4.69, 9.17) is 4.74 Å². The Morgan fingerprint density at radius 2 is 1.95 bits per heavy atom. The maximum atomic E-state index is 15.0. The minimum Gasteiger partial charge on any atom is -0.486 e. The van der Waals surface area contributed by atoms with Gasteiger partial charge in [-0.05, 0) is 81.6 Å². The molecule has 7 nitrogen and oxygen atoms in total. The van der Waals surface area contributed by atoms with Crippen LogP contribution in [0.25, 0.3) is 22.2 Å². The number of nitrogens with zero attached hydrogens (tertiary/aromatic N) is 3. The highest BCUT2D eigenvalue weighted by molar-refractivity contribution is 5.87. The molecule has 2 aromatic carbocycles. The summed E-state index contributed by atoms with van der Waals surface area (Å²) in [4.78, 5) is 14.0. The number of nitrogens with one attached hydrogen (secondary N) is 3. The second-order valence-corrected chi connectivity index (χ2v) is 9.99. The highest BCUT2D eigenvalue weighted by Crippen LogP contribution is 2.39. The van der Waals surface area contributed by atoms with Crippen molar-refractivity contribution in [3.63, 3.8) is 0 Å². The number of hydrogen-bond acceptors (Lipinski definition) is 6.